The van der Waals surface area contributed by atoms with Crippen LogP contribution in [0.2, 0.25) is 0 Å². The molecule has 3 aromatic rings. The van der Waals surface area contributed by atoms with E-state index in [-0.39, 0.29) is 10.5 Å². The Morgan fingerprint density at radius 2 is 1.66 bits per heavy atom. The van der Waals surface area contributed by atoms with Crippen molar-refractivity contribution in [2.24, 2.45) is 0 Å². The molecule has 148 valence electrons. The van der Waals surface area contributed by atoms with Gasteiger partial charge in [0.15, 0.2) is 0 Å². The Hall–Kier alpha value is -3.03. The Bertz CT molecular complexity index is 1220. The lowest BCUT2D eigenvalue weighted by Crippen LogP contribution is -2.42. The first-order valence-electron chi connectivity index (χ1n) is 9.37. The molecule has 0 fully saturated rings. The third-order valence-corrected chi connectivity index (χ3v) is 6.14. The summed E-state index contributed by atoms with van der Waals surface area (Å²) in [5.41, 5.74) is 1.35. The van der Waals surface area contributed by atoms with Crippen molar-refractivity contribution in [3.8, 4) is 0 Å². The fourth-order valence-corrected chi connectivity index (χ4v) is 4.43. The summed E-state index contributed by atoms with van der Waals surface area (Å²) in [6, 6.07) is 16.3. The van der Waals surface area contributed by atoms with Crippen molar-refractivity contribution in [2.75, 3.05) is 0 Å². The molecule has 0 aliphatic carbocycles. The molecule has 0 atom stereocenters. The van der Waals surface area contributed by atoms with Crippen LogP contribution in [0, 0.1) is 0 Å². The molecule has 7 heteroatoms. The zero-order chi connectivity index (χ0) is 20.6. The van der Waals surface area contributed by atoms with Crippen molar-refractivity contribution in [3.05, 3.63) is 77.4 Å². The molecule has 0 radical (unpaired) electrons. The summed E-state index contributed by atoms with van der Waals surface area (Å²) in [4.78, 5) is 26.1. The maximum Gasteiger partial charge on any atom is 0.318 e. The topological polar surface area (TPSA) is 80.8 Å². The Morgan fingerprint density at radius 1 is 0.897 bits per heavy atom. The van der Waals surface area contributed by atoms with Crippen LogP contribution in [0.4, 0.5) is 0 Å². The third-order valence-electron chi connectivity index (χ3n) is 4.95. The number of imide groups is 1. The third kappa shape index (κ3) is 3.32. The number of hydrogen-bond donors (Lipinski definition) is 0. The van der Waals surface area contributed by atoms with Crippen LogP contribution in [0.5, 0.6) is 0 Å². The molecule has 0 saturated heterocycles. The molecular weight excluding hydrogens is 390 g/mol. The van der Waals surface area contributed by atoms with Crippen molar-refractivity contribution in [2.45, 2.75) is 31.1 Å². The Balaban J connectivity index is 1.83. The van der Waals surface area contributed by atoms with E-state index in [1.807, 2.05) is 25.1 Å². The van der Waals surface area contributed by atoms with Gasteiger partial charge in [-0.3, -0.25) is 9.59 Å². The molecule has 0 spiro atoms. The van der Waals surface area contributed by atoms with Gasteiger partial charge in [-0.2, -0.15) is 8.42 Å². The first-order valence-corrected chi connectivity index (χ1v) is 10.8. The minimum absolute atomic E-state index is 0.135. The average molecular weight is 409 g/mol. The second kappa shape index (κ2) is 7.42. The van der Waals surface area contributed by atoms with Crippen molar-refractivity contribution in [1.82, 2.24) is 5.06 Å². The number of carbonyl (C=O) groups is 2. The number of nitrogens with zero attached hydrogens (tertiary/aromatic N) is 1. The highest BCUT2D eigenvalue weighted by atomic mass is 32.2. The van der Waals surface area contributed by atoms with E-state index in [0.29, 0.717) is 22.4 Å². The van der Waals surface area contributed by atoms with Gasteiger partial charge in [0, 0.05) is 5.39 Å². The fourth-order valence-electron chi connectivity index (χ4n) is 3.52. The average Bonchev–Trinajstić information content (AvgIpc) is 2.74. The lowest BCUT2D eigenvalue weighted by atomic mass is 9.89. The molecule has 0 bridgehead atoms. The summed E-state index contributed by atoms with van der Waals surface area (Å²) < 4.78 is 30.3. The zero-order valence-corrected chi connectivity index (χ0v) is 16.6. The van der Waals surface area contributed by atoms with Gasteiger partial charge in [0.1, 0.15) is 0 Å². The largest absolute Gasteiger partial charge is 0.318 e. The monoisotopic (exact) mass is 409 g/mol. The van der Waals surface area contributed by atoms with Gasteiger partial charge in [-0.25, -0.2) is 0 Å². The van der Waals surface area contributed by atoms with Crippen molar-refractivity contribution in [1.29, 1.82) is 0 Å². The second-order valence-corrected chi connectivity index (χ2v) is 8.38. The standard InChI is InChI=1S/C22H19NO5S/c1-2-3-8-16-14-13-15-9-7-12-18-19(15)20(16)22(25)23(21(18)24)28-29(26,27)17-10-5-4-6-11-17/h4-7,9-14H,2-3,8H2,1H3. The van der Waals surface area contributed by atoms with Crippen LogP contribution >= 0.6 is 0 Å². The predicted molar refractivity (Wildman–Crippen MR) is 108 cm³/mol. The van der Waals surface area contributed by atoms with E-state index in [4.69, 9.17) is 4.28 Å². The van der Waals surface area contributed by atoms with E-state index in [9.17, 15) is 18.0 Å². The first-order chi connectivity index (χ1) is 13.9. The summed E-state index contributed by atoms with van der Waals surface area (Å²) in [6.45, 7) is 2.05. The number of unbranched alkanes of at least 4 members (excludes halogenated alkanes) is 1. The lowest BCUT2D eigenvalue weighted by molar-refractivity contribution is -0.0156. The van der Waals surface area contributed by atoms with Crippen molar-refractivity contribution < 1.29 is 22.3 Å². The number of amides is 2. The normalized spacial score (nSPS) is 13.9. The summed E-state index contributed by atoms with van der Waals surface area (Å²) in [7, 11) is -4.34. The Kier molecular flexibility index (Phi) is 4.94. The fraction of sp³-hybridized carbons (Fsp3) is 0.182. The van der Waals surface area contributed by atoms with Crippen molar-refractivity contribution >= 4 is 32.7 Å². The summed E-state index contributed by atoms with van der Waals surface area (Å²) in [5.74, 6) is -1.55. The SMILES string of the molecule is CCCCc1ccc2cccc3c2c1C(=O)N(OS(=O)(=O)c1ccccc1)C3=O. The molecule has 6 nitrogen and oxygen atoms in total. The minimum atomic E-state index is -4.34. The van der Waals surface area contributed by atoms with Crippen molar-refractivity contribution in [3.63, 3.8) is 0 Å². The number of carbonyl (C=O) groups excluding carboxylic acids is 2. The molecule has 1 aliphatic rings. The smallest absolute Gasteiger partial charge is 0.266 e. The highest BCUT2D eigenvalue weighted by Crippen LogP contribution is 2.34. The first kappa shape index (κ1) is 19.3. The summed E-state index contributed by atoms with van der Waals surface area (Å²) in [6.07, 6.45) is 2.45. The van der Waals surface area contributed by atoms with Crippen LogP contribution in [-0.2, 0) is 20.8 Å². The van der Waals surface area contributed by atoms with Gasteiger partial charge in [0.25, 0.3) is 11.8 Å². The highest BCUT2D eigenvalue weighted by molar-refractivity contribution is 7.86. The van der Waals surface area contributed by atoms with Crippen LogP contribution in [0.3, 0.4) is 0 Å². The minimum Gasteiger partial charge on any atom is -0.266 e. The lowest BCUT2D eigenvalue weighted by Gasteiger charge is -2.27. The van der Waals surface area contributed by atoms with Crippen LogP contribution in [-0.4, -0.2) is 25.3 Å². The van der Waals surface area contributed by atoms with Gasteiger partial charge in [-0.05, 0) is 42.0 Å². The van der Waals surface area contributed by atoms with Gasteiger partial charge in [-0.15, -0.1) is 9.35 Å². The Labute approximate surface area is 168 Å². The summed E-state index contributed by atoms with van der Waals surface area (Å²) in [5, 5.41) is 1.67. The van der Waals surface area contributed by atoms with Gasteiger partial charge >= 0.3 is 10.1 Å². The summed E-state index contributed by atoms with van der Waals surface area (Å²) >= 11 is 0. The van der Waals surface area contributed by atoms with Gasteiger partial charge < -0.3 is 0 Å². The molecule has 1 aliphatic heterocycles. The van der Waals surface area contributed by atoms with Crippen LogP contribution < -0.4 is 0 Å². The molecule has 29 heavy (non-hydrogen) atoms. The second-order valence-electron chi connectivity index (χ2n) is 6.85. The molecule has 1 heterocycles. The predicted octanol–water partition coefficient (Wildman–Crippen LogP) is 4.10. The number of hydrogen-bond acceptors (Lipinski definition) is 5. The van der Waals surface area contributed by atoms with E-state index in [1.54, 1.807) is 18.2 Å². The van der Waals surface area contributed by atoms with Crippen LogP contribution in [0.25, 0.3) is 10.8 Å². The number of rotatable bonds is 6. The maximum absolute atomic E-state index is 13.2. The van der Waals surface area contributed by atoms with E-state index < -0.39 is 21.9 Å². The molecule has 0 aromatic heterocycles. The van der Waals surface area contributed by atoms with E-state index in [0.717, 1.165) is 23.8 Å². The quantitative estimate of drug-likeness (QED) is 0.573. The van der Waals surface area contributed by atoms with E-state index in [2.05, 4.69) is 0 Å². The molecule has 3 aromatic carbocycles. The zero-order valence-electron chi connectivity index (χ0n) is 15.8. The number of hydroxylamine groups is 2. The number of benzene rings is 3. The van der Waals surface area contributed by atoms with Gasteiger partial charge in [-0.1, -0.05) is 55.8 Å². The molecule has 2 amide bonds. The molecular formula is C22H19NO5S. The molecule has 0 N–H and O–H groups in total. The van der Waals surface area contributed by atoms with Crippen LogP contribution in [0.1, 0.15) is 46.0 Å². The molecule has 0 unspecified atom stereocenters. The van der Waals surface area contributed by atoms with E-state index >= 15 is 0 Å². The van der Waals surface area contributed by atoms with Gasteiger partial charge in [0.05, 0.1) is 16.0 Å². The van der Waals surface area contributed by atoms with Gasteiger partial charge in [0.2, 0.25) is 0 Å². The van der Waals surface area contributed by atoms with Crippen LogP contribution in [0.15, 0.2) is 65.6 Å². The van der Waals surface area contributed by atoms with E-state index in [1.165, 1.54) is 24.3 Å². The maximum atomic E-state index is 13.2. The molecule has 4 rings (SSSR count). The molecule has 0 saturated carbocycles. The highest BCUT2D eigenvalue weighted by Gasteiger charge is 2.38. The Morgan fingerprint density at radius 3 is 2.38 bits per heavy atom. The number of aryl methyl sites for hydroxylation is 1.